The average Bonchev–Trinajstić information content (AvgIpc) is 3.32. The lowest BCUT2D eigenvalue weighted by atomic mass is 10.1. The van der Waals surface area contributed by atoms with E-state index in [2.05, 4.69) is 19.1 Å². The van der Waals surface area contributed by atoms with Crippen LogP contribution in [0.3, 0.4) is 0 Å². The molecule has 1 heterocycles. The highest BCUT2D eigenvalue weighted by Gasteiger charge is 2.42. The monoisotopic (exact) mass is 336 g/mol. The zero-order valence-corrected chi connectivity index (χ0v) is 14.8. The summed E-state index contributed by atoms with van der Waals surface area (Å²) in [4.78, 5) is 10.4. The van der Waals surface area contributed by atoms with Crippen molar-refractivity contribution < 1.29 is 19.7 Å². The fraction of sp³-hybridized carbons (Fsp3) is 0.650. The van der Waals surface area contributed by atoms with Crippen LogP contribution in [0.25, 0.3) is 0 Å². The molecule has 4 nitrogen and oxygen atoms in total. The van der Waals surface area contributed by atoms with Gasteiger partial charge in [0.25, 0.3) is 0 Å². The molecule has 0 aromatic rings. The summed E-state index contributed by atoms with van der Waals surface area (Å²) in [6, 6.07) is 0. The molecule has 0 aromatic carbocycles. The van der Waals surface area contributed by atoms with E-state index in [0.29, 0.717) is 6.42 Å². The number of rotatable bonds is 14. The predicted octanol–water partition coefficient (Wildman–Crippen LogP) is 4.40. The maximum absolute atomic E-state index is 10.4. The second kappa shape index (κ2) is 13.0. The predicted molar refractivity (Wildman–Crippen MR) is 97.0 cm³/mol. The van der Waals surface area contributed by atoms with E-state index in [4.69, 9.17) is 9.84 Å². The zero-order valence-electron chi connectivity index (χ0n) is 14.8. The van der Waals surface area contributed by atoms with Gasteiger partial charge in [-0.2, -0.15) is 0 Å². The molecule has 3 atom stereocenters. The third-order valence-corrected chi connectivity index (χ3v) is 4.00. The number of aliphatic hydroxyl groups is 1. The summed E-state index contributed by atoms with van der Waals surface area (Å²) in [7, 11) is 0. The van der Waals surface area contributed by atoms with E-state index in [1.165, 1.54) is 19.3 Å². The Morgan fingerprint density at radius 1 is 1.08 bits per heavy atom. The number of hydrogen-bond donors (Lipinski definition) is 2. The average molecular weight is 336 g/mol. The fourth-order valence-electron chi connectivity index (χ4n) is 2.50. The van der Waals surface area contributed by atoms with Crippen LogP contribution in [0.4, 0.5) is 0 Å². The highest BCUT2D eigenvalue weighted by molar-refractivity contribution is 5.66. The first-order valence-electron chi connectivity index (χ1n) is 9.17. The lowest BCUT2D eigenvalue weighted by Crippen LogP contribution is -2.13. The van der Waals surface area contributed by atoms with E-state index in [0.717, 1.165) is 25.7 Å². The van der Waals surface area contributed by atoms with Crippen LogP contribution in [0.2, 0.25) is 0 Å². The normalized spacial score (nSPS) is 21.9. The SMILES string of the molecule is CCCCC/C=C\C[C@@H]1O[C@@H]1[C@H](O)/C=C\C/C=C\CCCC(=O)O. The molecule has 0 aromatic heterocycles. The van der Waals surface area contributed by atoms with Gasteiger partial charge >= 0.3 is 5.97 Å². The van der Waals surface area contributed by atoms with E-state index in [1.54, 1.807) is 6.08 Å². The van der Waals surface area contributed by atoms with Crippen LogP contribution < -0.4 is 0 Å². The summed E-state index contributed by atoms with van der Waals surface area (Å²) in [5.41, 5.74) is 0. The van der Waals surface area contributed by atoms with Gasteiger partial charge in [0.2, 0.25) is 0 Å². The third kappa shape index (κ3) is 10.4. The smallest absolute Gasteiger partial charge is 0.303 e. The summed E-state index contributed by atoms with van der Waals surface area (Å²) >= 11 is 0. The van der Waals surface area contributed by atoms with E-state index in [9.17, 15) is 9.90 Å². The lowest BCUT2D eigenvalue weighted by molar-refractivity contribution is -0.137. The summed E-state index contributed by atoms with van der Waals surface area (Å²) in [6.07, 6.45) is 19.8. The van der Waals surface area contributed by atoms with Crippen molar-refractivity contribution in [2.45, 2.75) is 83.0 Å². The van der Waals surface area contributed by atoms with Crippen molar-refractivity contribution >= 4 is 5.97 Å². The van der Waals surface area contributed by atoms with Gasteiger partial charge in [0.15, 0.2) is 0 Å². The van der Waals surface area contributed by atoms with Crippen molar-refractivity contribution in [3.05, 3.63) is 36.5 Å². The Bertz CT molecular complexity index is 425. The Balaban J connectivity index is 2.04. The largest absolute Gasteiger partial charge is 0.481 e. The van der Waals surface area contributed by atoms with Crippen LogP contribution in [-0.4, -0.2) is 34.5 Å². The van der Waals surface area contributed by atoms with Crippen molar-refractivity contribution in [2.24, 2.45) is 0 Å². The second-order valence-electron chi connectivity index (χ2n) is 6.25. The van der Waals surface area contributed by atoms with Crippen molar-refractivity contribution in [3.8, 4) is 0 Å². The van der Waals surface area contributed by atoms with Crippen molar-refractivity contribution in [1.29, 1.82) is 0 Å². The molecule has 0 spiro atoms. The highest BCUT2D eigenvalue weighted by Crippen LogP contribution is 2.29. The van der Waals surface area contributed by atoms with E-state index in [-0.39, 0.29) is 18.6 Å². The molecular formula is C20H32O4. The molecule has 0 radical (unpaired) electrons. The second-order valence-corrected chi connectivity index (χ2v) is 6.25. The molecule has 0 unspecified atom stereocenters. The molecule has 4 heteroatoms. The van der Waals surface area contributed by atoms with Crippen molar-refractivity contribution in [1.82, 2.24) is 0 Å². The molecule has 24 heavy (non-hydrogen) atoms. The number of hydrogen-bond acceptors (Lipinski definition) is 3. The van der Waals surface area contributed by atoms with Gasteiger partial charge < -0.3 is 14.9 Å². The Morgan fingerprint density at radius 2 is 1.83 bits per heavy atom. The molecule has 1 rings (SSSR count). The quantitative estimate of drug-likeness (QED) is 0.280. The molecular weight excluding hydrogens is 304 g/mol. The molecule has 0 bridgehead atoms. The fourth-order valence-corrected chi connectivity index (χ4v) is 2.50. The topological polar surface area (TPSA) is 70.1 Å². The summed E-state index contributed by atoms with van der Waals surface area (Å²) in [5, 5.41) is 18.5. The molecule has 136 valence electrons. The van der Waals surface area contributed by atoms with Gasteiger partial charge in [0, 0.05) is 6.42 Å². The first-order chi connectivity index (χ1) is 11.6. The highest BCUT2D eigenvalue weighted by atomic mass is 16.6. The Hall–Kier alpha value is -1.39. The molecule has 1 aliphatic heterocycles. The van der Waals surface area contributed by atoms with E-state index in [1.807, 2.05) is 18.2 Å². The van der Waals surface area contributed by atoms with Crippen LogP contribution in [0.5, 0.6) is 0 Å². The molecule has 2 N–H and O–H groups in total. The number of ether oxygens (including phenoxy) is 1. The lowest BCUT2D eigenvalue weighted by Gasteiger charge is -1.99. The molecule has 1 fully saturated rings. The van der Waals surface area contributed by atoms with Crippen LogP contribution in [0.1, 0.15) is 64.7 Å². The molecule has 0 saturated carbocycles. The molecule has 0 aliphatic carbocycles. The molecule has 0 amide bonds. The van der Waals surface area contributed by atoms with E-state index < -0.39 is 12.1 Å². The van der Waals surface area contributed by atoms with Crippen LogP contribution >= 0.6 is 0 Å². The van der Waals surface area contributed by atoms with Crippen molar-refractivity contribution in [3.63, 3.8) is 0 Å². The maximum Gasteiger partial charge on any atom is 0.303 e. The Labute approximate surface area is 145 Å². The summed E-state index contributed by atoms with van der Waals surface area (Å²) in [6.45, 7) is 2.20. The minimum absolute atomic E-state index is 0.0684. The van der Waals surface area contributed by atoms with Gasteiger partial charge in [-0.3, -0.25) is 4.79 Å². The first kappa shape index (κ1) is 20.7. The standard InChI is InChI=1S/C20H32O4/c1-2-3-4-5-9-12-15-18-20(24-18)17(21)14-11-8-6-7-10-13-16-19(22)23/h6-7,9,11-12,14,17-18,20-21H,2-5,8,10,13,15-16H2,1H3,(H,22,23)/b7-6-,12-9-,14-11-/t17-,18+,20-/m1/s1. The van der Waals surface area contributed by atoms with Gasteiger partial charge in [0.05, 0.1) is 6.10 Å². The Kier molecular flexibility index (Phi) is 11.2. The summed E-state index contributed by atoms with van der Waals surface area (Å²) < 4.78 is 5.51. The molecule has 1 aliphatic rings. The number of carboxylic acids is 1. The summed E-state index contributed by atoms with van der Waals surface area (Å²) in [5.74, 6) is -0.749. The number of aliphatic carboxylic acids is 1. The van der Waals surface area contributed by atoms with Gasteiger partial charge in [-0.15, -0.1) is 0 Å². The minimum Gasteiger partial charge on any atom is -0.481 e. The van der Waals surface area contributed by atoms with Crippen molar-refractivity contribution in [2.75, 3.05) is 0 Å². The van der Waals surface area contributed by atoms with Gasteiger partial charge in [-0.1, -0.05) is 56.2 Å². The maximum atomic E-state index is 10.4. The number of carboxylic acid groups (broad SMARTS) is 1. The zero-order chi connectivity index (χ0) is 17.6. The first-order valence-corrected chi connectivity index (χ1v) is 9.17. The molecule has 1 saturated heterocycles. The van der Waals surface area contributed by atoms with Gasteiger partial charge in [0.1, 0.15) is 12.2 Å². The van der Waals surface area contributed by atoms with Gasteiger partial charge in [-0.05, 0) is 38.5 Å². The number of aliphatic hydroxyl groups excluding tert-OH is 1. The number of epoxide rings is 1. The minimum atomic E-state index is -0.749. The number of unbranched alkanes of at least 4 members (excludes halogenated alkanes) is 4. The third-order valence-electron chi connectivity index (χ3n) is 4.00. The number of allylic oxidation sites excluding steroid dienone is 4. The van der Waals surface area contributed by atoms with Gasteiger partial charge in [-0.25, -0.2) is 0 Å². The van der Waals surface area contributed by atoms with Crippen LogP contribution in [-0.2, 0) is 9.53 Å². The van der Waals surface area contributed by atoms with Crippen LogP contribution in [0.15, 0.2) is 36.5 Å². The number of carbonyl (C=O) groups is 1. The Morgan fingerprint density at radius 3 is 2.58 bits per heavy atom. The van der Waals surface area contributed by atoms with Crippen LogP contribution in [0, 0.1) is 0 Å². The van der Waals surface area contributed by atoms with E-state index >= 15 is 0 Å².